The molecule has 0 atom stereocenters. The van der Waals surface area contributed by atoms with E-state index in [1.165, 1.54) is 17.1 Å². The summed E-state index contributed by atoms with van der Waals surface area (Å²) >= 11 is 1.34. The minimum absolute atomic E-state index is 0.103. The van der Waals surface area contributed by atoms with Gasteiger partial charge in [-0.05, 0) is 40.8 Å². The number of nitrogens with zero attached hydrogens (tertiary/aromatic N) is 3. The quantitative estimate of drug-likeness (QED) is 0.190. The Hall–Kier alpha value is -4.10. The minimum Gasteiger partial charge on any atom is -0.485 e. The molecule has 180 valence electrons. The molecular weight excluding hydrogens is 468 g/mol. The Bertz CT molecular complexity index is 1550. The predicted molar refractivity (Wildman–Crippen MR) is 147 cm³/mol. The number of rotatable bonds is 9. The minimum atomic E-state index is -0.103. The molecule has 6 nitrogen and oxygen atoms in total. The maximum Gasteiger partial charge on any atom is 0.234 e. The highest BCUT2D eigenvalue weighted by Gasteiger charge is 2.15. The third-order valence-electron chi connectivity index (χ3n) is 6.01. The Morgan fingerprint density at radius 2 is 1.69 bits per heavy atom. The van der Waals surface area contributed by atoms with Crippen LogP contribution in [0, 0.1) is 6.92 Å². The number of fused-ring (bicyclic) bond motifs is 2. The van der Waals surface area contributed by atoms with Gasteiger partial charge in [0, 0.05) is 17.6 Å². The molecule has 0 saturated carbocycles. The molecule has 0 fully saturated rings. The van der Waals surface area contributed by atoms with Gasteiger partial charge in [0.15, 0.2) is 11.0 Å². The first kappa shape index (κ1) is 23.6. The van der Waals surface area contributed by atoms with Crippen molar-refractivity contribution in [1.82, 2.24) is 14.8 Å². The number of hydrogen-bond donors (Lipinski definition) is 1. The van der Waals surface area contributed by atoms with E-state index in [-0.39, 0.29) is 18.3 Å². The Labute approximate surface area is 214 Å². The van der Waals surface area contributed by atoms with Gasteiger partial charge in [-0.15, -0.1) is 16.8 Å². The SMILES string of the molecule is C=CCn1c(COc2ccc3ccccc3c2C)nnc1SCC(=O)Nc1cccc2ccccc12. The molecule has 0 unspecified atom stereocenters. The molecule has 7 heteroatoms. The van der Waals surface area contributed by atoms with E-state index in [2.05, 4.69) is 47.2 Å². The van der Waals surface area contributed by atoms with Crippen LogP contribution in [0.1, 0.15) is 11.4 Å². The van der Waals surface area contributed by atoms with Crippen molar-refractivity contribution in [3.05, 3.63) is 103 Å². The number of allylic oxidation sites excluding steroid dienone is 1. The molecule has 36 heavy (non-hydrogen) atoms. The lowest BCUT2D eigenvalue weighted by molar-refractivity contribution is -0.113. The van der Waals surface area contributed by atoms with Gasteiger partial charge < -0.3 is 10.1 Å². The second kappa shape index (κ2) is 10.7. The van der Waals surface area contributed by atoms with E-state index >= 15 is 0 Å². The van der Waals surface area contributed by atoms with Crippen LogP contribution < -0.4 is 10.1 Å². The average molecular weight is 495 g/mol. The van der Waals surface area contributed by atoms with Crippen LogP contribution in [0.4, 0.5) is 5.69 Å². The lowest BCUT2D eigenvalue weighted by atomic mass is 10.0. The highest BCUT2D eigenvalue weighted by atomic mass is 32.2. The molecule has 5 rings (SSSR count). The summed E-state index contributed by atoms with van der Waals surface area (Å²) in [4.78, 5) is 12.7. The molecule has 0 bridgehead atoms. The summed E-state index contributed by atoms with van der Waals surface area (Å²) in [6.07, 6.45) is 1.79. The molecule has 1 heterocycles. The fourth-order valence-electron chi connectivity index (χ4n) is 4.20. The van der Waals surface area contributed by atoms with Gasteiger partial charge in [0.1, 0.15) is 12.4 Å². The number of carbonyl (C=O) groups is 1. The fraction of sp³-hybridized carbons (Fsp3) is 0.138. The molecule has 0 spiro atoms. The first-order chi connectivity index (χ1) is 17.6. The molecule has 1 aromatic heterocycles. The average Bonchev–Trinajstić information content (AvgIpc) is 3.29. The zero-order valence-corrected chi connectivity index (χ0v) is 20.8. The summed E-state index contributed by atoms with van der Waals surface area (Å²) in [5, 5.41) is 16.8. The number of thioether (sulfide) groups is 1. The van der Waals surface area contributed by atoms with Crippen LogP contribution in [0.2, 0.25) is 0 Å². The monoisotopic (exact) mass is 494 g/mol. The molecule has 4 aromatic carbocycles. The van der Waals surface area contributed by atoms with Crippen molar-refractivity contribution < 1.29 is 9.53 Å². The van der Waals surface area contributed by atoms with Gasteiger partial charge in [0.25, 0.3) is 0 Å². The number of anilines is 1. The van der Waals surface area contributed by atoms with Crippen molar-refractivity contribution in [2.24, 2.45) is 0 Å². The number of hydrogen-bond acceptors (Lipinski definition) is 5. The Morgan fingerprint density at radius 1 is 0.972 bits per heavy atom. The van der Waals surface area contributed by atoms with Crippen LogP contribution in [0.15, 0.2) is 96.7 Å². The van der Waals surface area contributed by atoms with Gasteiger partial charge in [-0.2, -0.15) is 0 Å². The van der Waals surface area contributed by atoms with Crippen LogP contribution >= 0.6 is 11.8 Å². The third-order valence-corrected chi connectivity index (χ3v) is 6.97. The summed E-state index contributed by atoms with van der Waals surface area (Å²) in [6.45, 7) is 6.71. The molecule has 5 aromatic rings. The lowest BCUT2D eigenvalue weighted by Gasteiger charge is -2.12. The number of benzene rings is 4. The molecule has 0 saturated heterocycles. The van der Waals surface area contributed by atoms with E-state index in [9.17, 15) is 4.79 Å². The van der Waals surface area contributed by atoms with E-state index in [0.29, 0.717) is 17.5 Å². The number of carbonyl (C=O) groups excluding carboxylic acids is 1. The predicted octanol–water partition coefficient (Wildman–Crippen LogP) is 6.39. The number of amides is 1. The summed E-state index contributed by atoms with van der Waals surface area (Å²) in [6, 6.07) is 26.1. The standard InChI is InChI=1S/C29H26N4O2S/c1-3-17-33-27(18-35-26-16-15-22-10-4-6-12-23(22)20(26)2)31-32-29(33)36-19-28(34)30-25-14-8-11-21-9-5-7-13-24(21)25/h3-16H,1,17-19H2,2H3,(H,30,34). The lowest BCUT2D eigenvalue weighted by Crippen LogP contribution is -2.15. The zero-order valence-electron chi connectivity index (χ0n) is 20.0. The van der Waals surface area contributed by atoms with Gasteiger partial charge in [-0.3, -0.25) is 9.36 Å². The third kappa shape index (κ3) is 4.97. The van der Waals surface area contributed by atoms with Gasteiger partial charge in [0.2, 0.25) is 5.91 Å². The van der Waals surface area contributed by atoms with E-state index in [1.807, 2.05) is 65.2 Å². The molecule has 1 N–H and O–H groups in total. The summed E-state index contributed by atoms with van der Waals surface area (Å²) in [5.41, 5.74) is 1.88. The van der Waals surface area contributed by atoms with Gasteiger partial charge in [-0.25, -0.2) is 0 Å². The number of ether oxygens (including phenoxy) is 1. The van der Waals surface area contributed by atoms with E-state index in [1.54, 1.807) is 6.08 Å². The van der Waals surface area contributed by atoms with Crippen LogP contribution in [0.25, 0.3) is 21.5 Å². The second-order valence-electron chi connectivity index (χ2n) is 8.36. The maximum atomic E-state index is 12.7. The Morgan fingerprint density at radius 3 is 2.50 bits per heavy atom. The first-order valence-electron chi connectivity index (χ1n) is 11.7. The van der Waals surface area contributed by atoms with Gasteiger partial charge in [-0.1, -0.05) is 84.6 Å². The van der Waals surface area contributed by atoms with Crippen LogP contribution in [0.5, 0.6) is 5.75 Å². The molecule has 0 aliphatic rings. The van der Waals surface area contributed by atoms with Gasteiger partial charge >= 0.3 is 0 Å². The van der Waals surface area contributed by atoms with Gasteiger partial charge in [0.05, 0.1) is 5.75 Å². The zero-order chi connectivity index (χ0) is 24.9. The summed E-state index contributed by atoms with van der Waals surface area (Å²) in [5.74, 6) is 1.60. The molecule has 0 radical (unpaired) electrons. The van der Waals surface area contributed by atoms with E-state index in [0.717, 1.165) is 33.2 Å². The van der Waals surface area contributed by atoms with Crippen molar-refractivity contribution in [1.29, 1.82) is 0 Å². The normalized spacial score (nSPS) is 11.0. The molecule has 0 aliphatic heterocycles. The molecule has 1 amide bonds. The maximum absolute atomic E-state index is 12.7. The summed E-state index contributed by atoms with van der Waals surface area (Å²) in [7, 11) is 0. The highest BCUT2D eigenvalue weighted by Crippen LogP contribution is 2.28. The largest absolute Gasteiger partial charge is 0.485 e. The smallest absolute Gasteiger partial charge is 0.234 e. The first-order valence-corrected chi connectivity index (χ1v) is 12.7. The van der Waals surface area contributed by atoms with Crippen LogP contribution in [0.3, 0.4) is 0 Å². The summed E-state index contributed by atoms with van der Waals surface area (Å²) < 4.78 is 8.06. The number of aryl methyl sites for hydroxylation is 1. The topological polar surface area (TPSA) is 69.0 Å². The number of aromatic nitrogens is 3. The Kier molecular flexibility index (Phi) is 7.00. The molecule has 0 aliphatic carbocycles. The van der Waals surface area contributed by atoms with Crippen molar-refractivity contribution >= 4 is 44.9 Å². The molecular formula is C29H26N4O2S. The van der Waals surface area contributed by atoms with Crippen molar-refractivity contribution in [2.45, 2.75) is 25.2 Å². The van der Waals surface area contributed by atoms with E-state index in [4.69, 9.17) is 4.74 Å². The Balaban J connectivity index is 1.26. The van der Waals surface area contributed by atoms with Crippen molar-refractivity contribution in [2.75, 3.05) is 11.1 Å². The fourth-order valence-corrected chi connectivity index (χ4v) is 4.97. The van der Waals surface area contributed by atoms with Crippen LogP contribution in [-0.2, 0) is 17.9 Å². The van der Waals surface area contributed by atoms with Crippen molar-refractivity contribution in [3.63, 3.8) is 0 Å². The van der Waals surface area contributed by atoms with Crippen molar-refractivity contribution in [3.8, 4) is 5.75 Å². The number of nitrogens with one attached hydrogen (secondary N) is 1. The van der Waals surface area contributed by atoms with Crippen LogP contribution in [-0.4, -0.2) is 26.4 Å². The second-order valence-corrected chi connectivity index (χ2v) is 9.30. The van der Waals surface area contributed by atoms with E-state index < -0.39 is 0 Å². The highest BCUT2D eigenvalue weighted by molar-refractivity contribution is 7.99.